The Hall–Kier alpha value is -1.55. The molecule has 1 aromatic rings. The molecule has 1 spiro atoms. The topological polar surface area (TPSA) is 41.6 Å². The number of piperidine rings is 1. The van der Waals surface area contributed by atoms with Crippen molar-refractivity contribution in [2.45, 2.75) is 37.8 Å². The quantitative estimate of drug-likeness (QED) is 0.901. The lowest BCUT2D eigenvalue weighted by Crippen LogP contribution is -2.50. The van der Waals surface area contributed by atoms with Gasteiger partial charge >= 0.3 is 6.09 Å². The van der Waals surface area contributed by atoms with Crippen molar-refractivity contribution in [1.82, 2.24) is 10.2 Å². The fourth-order valence-corrected chi connectivity index (χ4v) is 3.22. The average Bonchev–Trinajstić information content (AvgIpc) is 2.90. The largest absolute Gasteiger partial charge is 0.445 e. The molecule has 0 radical (unpaired) electrons. The van der Waals surface area contributed by atoms with E-state index < -0.39 is 0 Å². The van der Waals surface area contributed by atoms with Gasteiger partial charge in [-0.2, -0.15) is 0 Å². The fraction of sp³-hybridized carbons (Fsp3) is 0.562. The number of hydrogen-bond acceptors (Lipinski definition) is 3. The third kappa shape index (κ3) is 2.96. The first-order chi connectivity index (χ1) is 9.77. The molecule has 2 saturated heterocycles. The number of hydrogen-bond donors (Lipinski definition) is 1. The summed E-state index contributed by atoms with van der Waals surface area (Å²) in [5, 5.41) is 3.60. The lowest BCUT2D eigenvalue weighted by atomic mass is 9.88. The van der Waals surface area contributed by atoms with Crippen LogP contribution in [0.4, 0.5) is 4.79 Å². The van der Waals surface area contributed by atoms with Crippen molar-refractivity contribution < 1.29 is 9.53 Å². The van der Waals surface area contributed by atoms with Gasteiger partial charge in [-0.3, -0.25) is 0 Å². The number of amides is 1. The Kier molecular flexibility index (Phi) is 3.92. The third-order valence-corrected chi connectivity index (χ3v) is 4.40. The van der Waals surface area contributed by atoms with Gasteiger partial charge in [-0.15, -0.1) is 0 Å². The lowest BCUT2D eigenvalue weighted by molar-refractivity contribution is 0.1000. The van der Waals surface area contributed by atoms with E-state index in [2.05, 4.69) is 5.32 Å². The van der Waals surface area contributed by atoms with Gasteiger partial charge in [0.05, 0.1) is 0 Å². The van der Waals surface area contributed by atoms with Gasteiger partial charge in [-0.1, -0.05) is 36.8 Å². The zero-order chi connectivity index (χ0) is 13.8. The van der Waals surface area contributed by atoms with E-state index in [1.807, 2.05) is 35.2 Å². The second-order valence-corrected chi connectivity index (χ2v) is 5.88. The summed E-state index contributed by atoms with van der Waals surface area (Å²) in [4.78, 5) is 14.0. The molecule has 2 heterocycles. The molecule has 108 valence electrons. The van der Waals surface area contributed by atoms with Gasteiger partial charge in [0.25, 0.3) is 0 Å². The van der Waals surface area contributed by atoms with Crippen molar-refractivity contribution in [2.75, 3.05) is 19.6 Å². The number of nitrogens with zero attached hydrogens (tertiary/aromatic N) is 1. The molecule has 1 atom stereocenters. The number of ether oxygens (including phenoxy) is 1. The molecular weight excluding hydrogens is 252 g/mol. The van der Waals surface area contributed by atoms with E-state index in [1.54, 1.807) is 0 Å². The molecule has 0 aliphatic carbocycles. The molecule has 0 aromatic heterocycles. The molecule has 0 unspecified atom stereocenters. The predicted molar refractivity (Wildman–Crippen MR) is 77.4 cm³/mol. The maximum absolute atomic E-state index is 12.1. The number of carbonyl (C=O) groups excluding carboxylic acids is 1. The van der Waals surface area contributed by atoms with E-state index in [4.69, 9.17) is 4.74 Å². The van der Waals surface area contributed by atoms with Crippen LogP contribution in [0.25, 0.3) is 0 Å². The molecule has 4 nitrogen and oxygen atoms in total. The van der Waals surface area contributed by atoms with Crippen molar-refractivity contribution in [3.63, 3.8) is 0 Å². The number of nitrogens with one attached hydrogen (secondary N) is 1. The highest BCUT2D eigenvalue weighted by atomic mass is 16.6. The van der Waals surface area contributed by atoms with E-state index in [0.29, 0.717) is 6.61 Å². The van der Waals surface area contributed by atoms with E-state index in [9.17, 15) is 4.79 Å². The third-order valence-electron chi connectivity index (χ3n) is 4.40. The standard InChI is InChI=1S/C16H22N2O2/c19-15(20-12-14-6-2-1-3-7-14)18-11-9-16(13-18)8-4-5-10-17-16/h1-3,6-7,17H,4-5,8-13H2/t16-/m0/s1. The Morgan fingerprint density at radius 2 is 2.10 bits per heavy atom. The first-order valence-electron chi connectivity index (χ1n) is 7.48. The highest BCUT2D eigenvalue weighted by Gasteiger charge is 2.40. The van der Waals surface area contributed by atoms with Crippen LogP contribution in [0.1, 0.15) is 31.2 Å². The first-order valence-corrected chi connectivity index (χ1v) is 7.48. The molecule has 3 rings (SSSR count). The van der Waals surface area contributed by atoms with Crippen LogP contribution >= 0.6 is 0 Å². The van der Waals surface area contributed by atoms with Crippen molar-refractivity contribution in [3.8, 4) is 0 Å². The SMILES string of the molecule is O=C(OCc1ccccc1)N1CC[C@@]2(CCCCN2)C1. The summed E-state index contributed by atoms with van der Waals surface area (Å²) in [5.74, 6) is 0. The summed E-state index contributed by atoms with van der Waals surface area (Å²) in [6.45, 7) is 3.03. The molecule has 2 aliphatic rings. The maximum Gasteiger partial charge on any atom is 0.410 e. The van der Waals surface area contributed by atoms with Gasteiger partial charge in [-0.05, 0) is 31.4 Å². The van der Waals surface area contributed by atoms with Crippen LogP contribution in [0.3, 0.4) is 0 Å². The minimum atomic E-state index is -0.182. The zero-order valence-electron chi connectivity index (χ0n) is 11.8. The summed E-state index contributed by atoms with van der Waals surface area (Å²) in [7, 11) is 0. The van der Waals surface area contributed by atoms with Crippen LogP contribution in [-0.4, -0.2) is 36.2 Å². The number of carbonyl (C=O) groups is 1. The van der Waals surface area contributed by atoms with Crippen LogP contribution < -0.4 is 5.32 Å². The lowest BCUT2D eigenvalue weighted by Gasteiger charge is -2.34. The van der Waals surface area contributed by atoms with Crippen LogP contribution in [0, 0.1) is 0 Å². The number of rotatable bonds is 2. The second kappa shape index (κ2) is 5.83. The van der Waals surface area contributed by atoms with Crippen molar-refractivity contribution in [3.05, 3.63) is 35.9 Å². The normalized spacial score (nSPS) is 25.9. The minimum Gasteiger partial charge on any atom is -0.445 e. The van der Waals surface area contributed by atoms with Crippen molar-refractivity contribution >= 4 is 6.09 Å². The fourth-order valence-electron chi connectivity index (χ4n) is 3.22. The molecule has 1 amide bonds. The van der Waals surface area contributed by atoms with Crippen LogP contribution in [0.5, 0.6) is 0 Å². The van der Waals surface area contributed by atoms with Crippen molar-refractivity contribution in [2.24, 2.45) is 0 Å². The number of likely N-dealkylation sites (tertiary alicyclic amines) is 1. The molecule has 1 aromatic carbocycles. The predicted octanol–water partition coefficient (Wildman–Crippen LogP) is 2.54. The Morgan fingerprint density at radius 1 is 1.25 bits per heavy atom. The van der Waals surface area contributed by atoms with Crippen molar-refractivity contribution in [1.29, 1.82) is 0 Å². The highest BCUT2D eigenvalue weighted by Crippen LogP contribution is 2.29. The highest BCUT2D eigenvalue weighted by molar-refractivity contribution is 5.68. The van der Waals surface area contributed by atoms with Gasteiger partial charge < -0.3 is 15.0 Å². The van der Waals surface area contributed by atoms with Gasteiger partial charge in [0.1, 0.15) is 6.61 Å². The summed E-state index contributed by atoms with van der Waals surface area (Å²) >= 11 is 0. The Bertz CT molecular complexity index is 455. The van der Waals surface area contributed by atoms with E-state index in [1.165, 1.54) is 19.3 Å². The zero-order valence-corrected chi connectivity index (χ0v) is 11.8. The summed E-state index contributed by atoms with van der Waals surface area (Å²) < 4.78 is 5.41. The van der Waals surface area contributed by atoms with Crippen LogP contribution in [-0.2, 0) is 11.3 Å². The molecule has 0 bridgehead atoms. The number of benzene rings is 1. The van der Waals surface area contributed by atoms with Gasteiger partial charge in [0.15, 0.2) is 0 Å². The molecule has 2 aliphatic heterocycles. The molecule has 1 N–H and O–H groups in total. The van der Waals surface area contributed by atoms with E-state index in [0.717, 1.165) is 31.6 Å². The maximum atomic E-state index is 12.1. The molecule has 2 fully saturated rings. The molecule has 4 heteroatoms. The Labute approximate surface area is 120 Å². The minimum absolute atomic E-state index is 0.157. The van der Waals surface area contributed by atoms with Gasteiger partial charge in [0, 0.05) is 18.6 Å². The molecular formula is C16H22N2O2. The summed E-state index contributed by atoms with van der Waals surface area (Å²) in [6, 6.07) is 9.83. The Morgan fingerprint density at radius 3 is 2.85 bits per heavy atom. The van der Waals surface area contributed by atoms with Gasteiger partial charge in [-0.25, -0.2) is 4.79 Å². The summed E-state index contributed by atoms with van der Waals surface area (Å²) in [5.41, 5.74) is 1.19. The smallest absolute Gasteiger partial charge is 0.410 e. The second-order valence-electron chi connectivity index (χ2n) is 5.88. The van der Waals surface area contributed by atoms with E-state index in [-0.39, 0.29) is 11.6 Å². The average molecular weight is 274 g/mol. The van der Waals surface area contributed by atoms with Crippen LogP contribution in [0.2, 0.25) is 0 Å². The monoisotopic (exact) mass is 274 g/mol. The first kappa shape index (κ1) is 13.4. The van der Waals surface area contributed by atoms with Gasteiger partial charge in [0.2, 0.25) is 0 Å². The van der Waals surface area contributed by atoms with Crippen LogP contribution in [0.15, 0.2) is 30.3 Å². The molecule has 0 saturated carbocycles. The molecule has 20 heavy (non-hydrogen) atoms. The Balaban J connectivity index is 1.51. The van der Waals surface area contributed by atoms with E-state index >= 15 is 0 Å². The summed E-state index contributed by atoms with van der Waals surface area (Å²) in [6.07, 6.45) is 4.56.